The Morgan fingerprint density at radius 1 is 1.10 bits per heavy atom. The molecule has 0 aromatic heterocycles. The third kappa shape index (κ3) is 4.47. The van der Waals surface area contributed by atoms with Crippen LogP contribution in [0.25, 0.3) is 0 Å². The summed E-state index contributed by atoms with van der Waals surface area (Å²) in [4.78, 5) is 0. The molecule has 1 saturated heterocycles. The minimum absolute atomic E-state index is 0.272. The summed E-state index contributed by atoms with van der Waals surface area (Å²) in [5.74, 6) is 1.63. The molecule has 0 spiro atoms. The number of hydrogen-bond acceptors (Lipinski definition) is 1. The van der Waals surface area contributed by atoms with Crippen molar-refractivity contribution in [3.63, 3.8) is 0 Å². The predicted octanol–water partition coefficient (Wildman–Crippen LogP) is 6.03. The number of rotatable bonds is 6. The first-order valence-corrected chi connectivity index (χ1v) is 9.37. The Morgan fingerprint density at radius 3 is 2.19 bits per heavy atom. The van der Waals surface area contributed by atoms with E-state index in [1.54, 1.807) is 0 Å². The molecule has 1 aliphatic rings. The van der Waals surface area contributed by atoms with Crippen molar-refractivity contribution in [2.75, 3.05) is 6.54 Å². The monoisotopic (exact) mass is 295 g/mol. The molecule has 126 valence electrons. The quantitative estimate of drug-likeness (QED) is 0.630. The fraction of sp³-hybridized carbons (Fsp3) is 1.00. The summed E-state index contributed by atoms with van der Waals surface area (Å²) in [5, 5.41) is 3.87. The highest BCUT2D eigenvalue weighted by molar-refractivity contribution is 5.01. The van der Waals surface area contributed by atoms with E-state index in [9.17, 15) is 0 Å². The van der Waals surface area contributed by atoms with Gasteiger partial charge in [-0.15, -0.1) is 0 Å². The number of unbranched alkanes of at least 4 members (excludes halogenated alkanes) is 1. The van der Waals surface area contributed by atoms with E-state index in [2.05, 4.69) is 60.7 Å². The summed E-state index contributed by atoms with van der Waals surface area (Å²) in [6.45, 7) is 20.8. The summed E-state index contributed by atoms with van der Waals surface area (Å²) in [7, 11) is 0. The van der Waals surface area contributed by atoms with Crippen LogP contribution in [0.3, 0.4) is 0 Å². The molecule has 1 aliphatic heterocycles. The molecule has 0 aromatic rings. The molecule has 0 aromatic carbocycles. The summed E-state index contributed by atoms with van der Waals surface area (Å²) in [5.41, 5.74) is 1.17. The third-order valence-electron chi connectivity index (χ3n) is 6.26. The van der Waals surface area contributed by atoms with Crippen molar-refractivity contribution in [1.82, 2.24) is 5.32 Å². The third-order valence-corrected chi connectivity index (χ3v) is 6.26. The normalized spacial score (nSPS) is 33.7. The molecule has 1 fully saturated rings. The van der Waals surface area contributed by atoms with Crippen LogP contribution in [0.15, 0.2) is 0 Å². The minimum atomic E-state index is 0.272. The van der Waals surface area contributed by atoms with Crippen molar-refractivity contribution < 1.29 is 0 Å². The van der Waals surface area contributed by atoms with Crippen LogP contribution >= 0.6 is 0 Å². The molecule has 21 heavy (non-hydrogen) atoms. The topological polar surface area (TPSA) is 12.0 Å². The second-order valence-electron chi connectivity index (χ2n) is 9.19. The first-order chi connectivity index (χ1) is 9.62. The molecule has 0 saturated carbocycles. The van der Waals surface area contributed by atoms with Gasteiger partial charge in [-0.2, -0.15) is 0 Å². The van der Waals surface area contributed by atoms with Crippen LogP contribution in [-0.4, -0.2) is 12.1 Å². The number of nitrogens with one attached hydrogen (secondary N) is 1. The number of hydrogen-bond donors (Lipinski definition) is 1. The van der Waals surface area contributed by atoms with E-state index in [1.165, 1.54) is 45.1 Å². The van der Waals surface area contributed by atoms with Crippen LogP contribution in [0.1, 0.15) is 93.9 Å². The van der Waals surface area contributed by atoms with Crippen molar-refractivity contribution in [2.45, 2.75) is 99.5 Å². The molecule has 1 heteroatoms. The van der Waals surface area contributed by atoms with Crippen LogP contribution in [0, 0.1) is 22.7 Å². The lowest BCUT2D eigenvalue weighted by molar-refractivity contribution is -0.00352. The molecule has 0 radical (unpaired) electrons. The van der Waals surface area contributed by atoms with E-state index in [4.69, 9.17) is 0 Å². The van der Waals surface area contributed by atoms with Crippen molar-refractivity contribution in [2.24, 2.45) is 22.7 Å². The average Bonchev–Trinajstić information content (AvgIpc) is 2.50. The van der Waals surface area contributed by atoms with Crippen LogP contribution < -0.4 is 5.32 Å². The molecule has 0 aliphatic carbocycles. The Balaban J connectivity index is 3.18. The highest BCUT2D eigenvalue weighted by Crippen LogP contribution is 2.54. The highest BCUT2D eigenvalue weighted by Gasteiger charge is 2.49. The maximum absolute atomic E-state index is 3.87. The lowest BCUT2D eigenvalue weighted by Gasteiger charge is -2.50. The SMILES string of the molecule is CCCCC(C)(C)C1C(CC)CNC(C)(C)CC1(C)CC. The molecule has 0 amide bonds. The van der Waals surface area contributed by atoms with Gasteiger partial charge in [-0.3, -0.25) is 0 Å². The second kappa shape index (κ2) is 7.02. The molecule has 3 unspecified atom stereocenters. The fourth-order valence-electron chi connectivity index (χ4n) is 5.37. The van der Waals surface area contributed by atoms with Gasteiger partial charge in [0.2, 0.25) is 0 Å². The predicted molar refractivity (Wildman–Crippen MR) is 95.7 cm³/mol. The molecule has 1 heterocycles. The van der Waals surface area contributed by atoms with Gasteiger partial charge in [0.1, 0.15) is 0 Å². The fourth-order valence-corrected chi connectivity index (χ4v) is 5.37. The first-order valence-electron chi connectivity index (χ1n) is 9.37. The second-order valence-corrected chi connectivity index (χ2v) is 9.19. The Morgan fingerprint density at radius 2 is 1.71 bits per heavy atom. The molecular formula is C20H41N. The van der Waals surface area contributed by atoms with E-state index in [-0.39, 0.29) is 5.54 Å². The van der Waals surface area contributed by atoms with Crippen molar-refractivity contribution in [3.05, 3.63) is 0 Å². The van der Waals surface area contributed by atoms with Crippen LogP contribution in [0.5, 0.6) is 0 Å². The Labute approximate surface area is 134 Å². The largest absolute Gasteiger partial charge is 0.311 e. The summed E-state index contributed by atoms with van der Waals surface area (Å²) < 4.78 is 0. The van der Waals surface area contributed by atoms with Gasteiger partial charge in [-0.25, -0.2) is 0 Å². The van der Waals surface area contributed by atoms with Crippen LogP contribution in [0.2, 0.25) is 0 Å². The van der Waals surface area contributed by atoms with E-state index in [0.29, 0.717) is 10.8 Å². The van der Waals surface area contributed by atoms with Gasteiger partial charge in [0, 0.05) is 5.54 Å². The van der Waals surface area contributed by atoms with Crippen molar-refractivity contribution >= 4 is 0 Å². The van der Waals surface area contributed by atoms with Gasteiger partial charge in [0.25, 0.3) is 0 Å². The van der Waals surface area contributed by atoms with Gasteiger partial charge < -0.3 is 5.32 Å². The molecule has 1 nitrogen and oxygen atoms in total. The van der Waals surface area contributed by atoms with Crippen LogP contribution in [0.4, 0.5) is 0 Å². The van der Waals surface area contributed by atoms with Gasteiger partial charge in [0.15, 0.2) is 0 Å². The molecular weight excluding hydrogens is 254 g/mol. The lowest BCUT2D eigenvalue weighted by Crippen LogP contribution is -2.44. The molecule has 0 bridgehead atoms. The highest BCUT2D eigenvalue weighted by atomic mass is 15.0. The smallest absolute Gasteiger partial charge is 0.0130 e. The standard InChI is InChI=1S/C20H41N/c1-9-12-13-18(4,5)17-16(10-2)14-21-19(6,7)15-20(17,8)11-3/h16-17,21H,9-15H2,1-8H3. The summed E-state index contributed by atoms with van der Waals surface area (Å²) in [6.07, 6.45) is 7.97. The van der Waals surface area contributed by atoms with Gasteiger partial charge >= 0.3 is 0 Å². The van der Waals surface area contributed by atoms with E-state index >= 15 is 0 Å². The zero-order chi connectivity index (χ0) is 16.3. The van der Waals surface area contributed by atoms with E-state index < -0.39 is 0 Å². The Bertz CT molecular complexity index is 318. The molecule has 1 rings (SSSR count). The Hall–Kier alpha value is -0.0400. The summed E-state index contributed by atoms with van der Waals surface area (Å²) >= 11 is 0. The molecule has 1 N–H and O–H groups in total. The van der Waals surface area contributed by atoms with Gasteiger partial charge in [0.05, 0.1) is 0 Å². The van der Waals surface area contributed by atoms with Crippen molar-refractivity contribution in [3.8, 4) is 0 Å². The minimum Gasteiger partial charge on any atom is -0.311 e. The first kappa shape index (κ1) is 19.0. The van der Waals surface area contributed by atoms with Crippen molar-refractivity contribution in [1.29, 1.82) is 0 Å². The van der Waals surface area contributed by atoms with E-state index in [1.807, 2.05) is 0 Å². The van der Waals surface area contributed by atoms with Gasteiger partial charge in [-0.1, -0.05) is 67.2 Å². The zero-order valence-electron chi connectivity index (χ0n) is 16.1. The maximum atomic E-state index is 3.87. The Kier molecular flexibility index (Phi) is 6.36. The lowest BCUT2D eigenvalue weighted by atomic mass is 9.55. The zero-order valence-corrected chi connectivity index (χ0v) is 16.1. The maximum Gasteiger partial charge on any atom is 0.0130 e. The van der Waals surface area contributed by atoms with Gasteiger partial charge in [-0.05, 0) is 55.9 Å². The summed E-state index contributed by atoms with van der Waals surface area (Å²) in [6, 6.07) is 0. The molecule has 3 atom stereocenters. The van der Waals surface area contributed by atoms with Crippen LogP contribution in [-0.2, 0) is 0 Å². The van der Waals surface area contributed by atoms with E-state index in [0.717, 1.165) is 11.8 Å². The average molecular weight is 296 g/mol.